The molecule has 0 atom stereocenters. The summed E-state index contributed by atoms with van der Waals surface area (Å²) in [6.07, 6.45) is 2.94. The zero-order chi connectivity index (χ0) is 21.8. The molecule has 31 heavy (non-hydrogen) atoms. The number of aryl methyl sites for hydroxylation is 1. The van der Waals surface area contributed by atoms with Crippen LogP contribution in [0.3, 0.4) is 0 Å². The molecule has 0 fully saturated rings. The lowest BCUT2D eigenvalue weighted by Crippen LogP contribution is -2.23. The van der Waals surface area contributed by atoms with Crippen LogP contribution < -0.4 is 10.9 Å². The van der Waals surface area contributed by atoms with Crippen LogP contribution in [0.2, 0.25) is 0 Å². The minimum Gasteiger partial charge on any atom is -0.325 e. The Morgan fingerprint density at radius 1 is 1.10 bits per heavy atom. The van der Waals surface area contributed by atoms with E-state index < -0.39 is 0 Å². The molecule has 1 amide bonds. The predicted octanol–water partition coefficient (Wildman–Crippen LogP) is 4.10. The van der Waals surface area contributed by atoms with Gasteiger partial charge in [-0.25, -0.2) is 4.39 Å². The molecular weight excluding hydrogens is 417 g/mol. The number of anilines is 1. The van der Waals surface area contributed by atoms with Crippen LogP contribution in [0.25, 0.3) is 16.7 Å². The first-order chi connectivity index (χ1) is 15.1. The number of amides is 1. The van der Waals surface area contributed by atoms with E-state index in [1.54, 1.807) is 10.6 Å². The smallest absolute Gasteiger partial charge is 0.262 e. The average molecular weight is 440 g/mol. The van der Waals surface area contributed by atoms with Crippen molar-refractivity contribution >= 4 is 40.0 Å². The number of halogens is 1. The number of carbonyl (C=O) groups excluding carboxylic acids is 1. The van der Waals surface area contributed by atoms with Gasteiger partial charge in [0.25, 0.3) is 5.56 Å². The van der Waals surface area contributed by atoms with Gasteiger partial charge in [0.1, 0.15) is 5.82 Å². The van der Waals surface area contributed by atoms with Crippen LogP contribution >= 0.6 is 11.8 Å². The lowest BCUT2D eigenvalue weighted by molar-refractivity contribution is -0.113. The molecule has 1 N–H and O–H groups in total. The normalized spacial score (nSPS) is 11.3. The van der Waals surface area contributed by atoms with Gasteiger partial charge in [-0.2, -0.15) is 0 Å². The molecule has 0 aliphatic rings. The van der Waals surface area contributed by atoms with E-state index in [1.165, 1.54) is 36.0 Å². The van der Waals surface area contributed by atoms with E-state index >= 15 is 0 Å². The molecule has 0 bridgehead atoms. The third-order valence-electron chi connectivity index (χ3n) is 4.92. The van der Waals surface area contributed by atoms with Gasteiger partial charge < -0.3 is 5.32 Å². The van der Waals surface area contributed by atoms with Crippen molar-refractivity contribution in [2.24, 2.45) is 0 Å². The number of aromatic nitrogens is 4. The Labute approximate surface area is 182 Å². The quantitative estimate of drug-likeness (QED) is 0.330. The highest BCUT2D eigenvalue weighted by Gasteiger charge is 2.17. The largest absolute Gasteiger partial charge is 0.325 e. The van der Waals surface area contributed by atoms with Gasteiger partial charge in [-0.15, -0.1) is 10.2 Å². The van der Waals surface area contributed by atoms with E-state index in [0.29, 0.717) is 34.1 Å². The van der Waals surface area contributed by atoms with E-state index in [9.17, 15) is 14.0 Å². The monoisotopic (exact) mass is 439 g/mol. The Hall–Kier alpha value is -3.20. The maximum atomic E-state index is 13.0. The lowest BCUT2D eigenvalue weighted by Gasteiger charge is -2.11. The van der Waals surface area contributed by atoms with Gasteiger partial charge in [-0.3, -0.25) is 18.6 Å². The van der Waals surface area contributed by atoms with Crippen LogP contribution in [0.5, 0.6) is 0 Å². The van der Waals surface area contributed by atoms with E-state index in [2.05, 4.69) is 22.4 Å². The minimum absolute atomic E-state index is 0.0859. The molecule has 2 heterocycles. The fraction of sp³-hybridized carbons (Fsp3) is 0.273. The Balaban J connectivity index is 1.63. The average Bonchev–Trinajstić information content (AvgIpc) is 3.20. The van der Waals surface area contributed by atoms with E-state index in [0.717, 1.165) is 19.3 Å². The number of nitrogens with zero attached hydrogens (tertiary/aromatic N) is 4. The summed E-state index contributed by atoms with van der Waals surface area (Å²) in [7, 11) is 0. The fourth-order valence-corrected chi connectivity index (χ4v) is 4.15. The number of fused-ring (bicyclic) bond motifs is 3. The number of unbranched alkanes of at least 4 members (excludes halogenated alkanes) is 2. The SMILES string of the molecule is CCCCCn1c(=O)c2ccccc2n2c(SCC(=O)Nc3ccc(F)cc3)nnc12. The molecule has 0 saturated heterocycles. The van der Waals surface area contributed by atoms with Gasteiger partial charge in [0.15, 0.2) is 5.16 Å². The molecule has 0 radical (unpaired) electrons. The van der Waals surface area contributed by atoms with E-state index in [-0.39, 0.29) is 23.0 Å². The van der Waals surface area contributed by atoms with Crippen LogP contribution in [0.4, 0.5) is 10.1 Å². The number of thioether (sulfide) groups is 1. The molecule has 7 nitrogen and oxygen atoms in total. The van der Waals surface area contributed by atoms with Crippen LogP contribution in [0, 0.1) is 5.82 Å². The van der Waals surface area contributed by atoms with Crippen LogP contribution in [0.1, 0.15) is 26.2 Å². The Bertz CT molecular complexity index is 1280. The molecule has 0 saturated carbocycles. The first-order valence-corrected chi connectivity index (χ1v) is 11.1. The molecule has 2 aromatic heterocycles. The highest BCUT2D eigenvalue weighted by Crippen LogP contribution is 2.22. The van der Waals surface area contributed by atoms with E-state index in [4.69, 9.17) is 0 Å². The van der Waals surface area contributed by atoms with E-state index in [1.807, 2.05) is 22.6 Å². The second-order valence-corrected chi connectivity index (χ2v) is 8.09. The van der Waals surface area contributed by atoms with Gasteiger partial charge in [-0.1, -0.05) is 43.7 Å². The molecule has 9 heteroatoms. The number of hydrogen-bond acceptors (Lipinski definition) is 5. The molecule has 0 aliphatic carbocycles. The second kappa shape index (κ2) is 9.30. The van der Waals surface area contributed by atoms with Crippen LogP contribution in [-0.2, 0) is 11.3 Å². The van der Waals surface area contributed by atoms with Crippen LogP contribution in [-0.4, -0.2) is 30.8 Å². The third kappa shape index (κ3) is 4.46. The highest BCUT2D eigenvalue weighted by molar-refractivity contribution is 7.99. The zero-order valence-electron chi connectivity index (χ0n) is 17.0. The molecule has 2 aromatic carbocycles. The first-order valence-electron chi connectivity index (χ1n) is 10.1. The first kappa shape index (κ1) is 21.0. The summed E-state index contributed by atoms with van der Waals surface area (Å²) in [5, 5.41) is 12.4. The molecular formula is C22H22FN5O2S. The van der Waals surface area contributed by atoms with Gasteiger partial charge in [0.05, 0.1) is 16.7 Å². The summed E-state index contributed by atoms with van der Waals surface area (Å²) < 4.78 is 16.5. The van der Waals surface area contributed by atoms with Gasteiger partial charge in [0, 0.05) is 12.2 Å². The summed E-state index contributed by atoms with van der Waals surface area (Å²) in [5.41, 5.74) is 1.14. The maximum absolute atomic E-state index is 13.0. The predicted molar refractivity (Wildman–Crippen MR) is 120 cm³/mol. The van der Waals surface area contributed by atoms with Gasteiger partial charge >= 0.3 is 0 Å². The minimum atomic E-state index is -0.362. The Kier molecular flexibility index (Phi) is 6.31. The van der Waals surface area contributed by atoms with Crippen molar-refractivity contribution in [3.8, 4) is 0 Å². The number of benzene rings is 2. The van der Waals surface area contributed by atoms with Crippen molar-refractivity contribution < 1.29 is 9.18 Å². The highest BCUT2D eigenvalue weighted by atomic mass is 32.2. The fourth-order valence-electron chi connectivity index (χ4n) is 3.41. The standard InChI is InChI=1S/C22H22FN5O2S/c1-2-3-6-13-27-20(30)17-7-4-5-8-18(17)28-21(27)25-26-22(28)31-14-19(29)24-16-11-9-15(23)10-12-16/h4-5,7-12H,2-3,6,13-14H2,1H3,(H,24,29). The number of rotatable bonds is 8. The molecule has 0 spiro atoms. The summed E-state index contributed by atoms with van der Waals surface area (Å²) in [6, 6.07) is 12.9. The molecule has 0 aliphatic heterocycles. The van der Waals surface area contributed by atoms with Gasteiger partial charge in [-0.05, 0) is 42.8 Å². The summed E-state index contributed by atoms with van der Waals surface area (Å²) in [6.45, 7) is 2.68. The van der Waals surface area contributed by atoms with Crippen LogP contribution in [0.15, 0.2) is 58.5 Å². The topological polar surface area (TPSA) is 81.3 Å². The maximum Gasteiger partial charge on any atom is 0.262 e. The molecule has 4 aromatic rings. The van der Waals surface area contributed by atoms with Crippen molar-refractivity contribution in [2.45, 2.75) is 37.9 Å². The second-order valence-electron chi connectivity index (χ2n) is 7.14. The van der Waals surface area contributed by atoms with Gasteiger partial charge in [0.2, 0.25) is 11.7 Å². The number of hydrogen-bond donors (Lipinski definition) is 1. The van der Waals surface area contributed by atoms with Crippen molar-refractivity contribution in [2.75, 3.05) is 11.1 Å². The Morgan fingerprint density at radius 2 is 1.87 bits per heavy atom. The summed E-state index contributed by atoms with van der Waals surface area (Å²) in [4.78, 5) is 25.4. The summed E-state index contributed by atoms with van der Waals surface area (Å²) in [5.74, 6) is -0.0316. The van der Waals surface area contributed by atoms with Crippen molar-refractivity contribution in [1.29, 1.82) is 0 Å². The summed E-state index contributed by atoms with van der Waals surface area (Å²) >= 11 is 1.23. The van der Waals surface area contributed by atoms with Crippen molar-refractivity contribution in [3.63, 3.8) is 0 Å². The number of nitrogens with one attached hydrogen (secondary N) is 1. The molecule has 4 rings (SSSR count). The zero-order valence-corrected chi connectivity index (χ0v) is 17.9. The molecule has 160 valence electrons. The lowest BCUT2D eigenvalue weighted by atomic mass is 10.2. The van der Waals surface area contributed by atoms with Crippen molar-refractivity contribution in [1.82, 2.24) is 19.2 Å². The number of carbonyl (C=O) groups is 1. The van der Waals surface area contributed by atoms with Crippen molar-refractivity contribution in [3.05, 3.63) is 64.7 Å². The third-order valence-corrected chi connectivity index (χ3v) is 5.85. The Morgan fingerprint density at radius 3 is 2.65 bits per heavy atom. The number of para-hydroxylation sites is 1. The molecule has 0 unspecified atom stereocenters.